The number of para-hydroxylation sites is 1. The van der Waals surface area contributed by atoms with Crippen molar-refractivity contribution in [1.82, 2.24) is 9.88 Å². The third kappa shape index (κ3) is 3.29. The fourth-order valence-corrected chi connectivity index (χ4v) is 4.05. The second kappa shape index (κ2) is 6.93. The molecule has 0 radical (unpaired) electrons. The average Bonchev–Trinajstić information content (AvgIpc) is 3.14. The van der Waals surface area contributed by atoms with Crippen molar-refractivity contribution in [2.45, 2.75) is 12.5 Å². The molecule has 7 heteroatoms. The van der Waals surface area contributed by atoms with Crippen molar-refractivity contribution in [1.29, 1.82) is 0 Å². The van der Waals surface area contributed by atoms with E-state index in [4.69, 9.17) is 4.74 Å². The number of likely N-dealkylation sites (tertiary alicyclic amines) is 1. The van der Waals surface area contributed by atoms with Crippen LogP contribution in [-0.4, -0.2) is 54.0 Å². The molecule has 0 unspecified atom stereocenters. The van der Waals surface area contributed by atoms with E-state index in [1.165, 1.54) is 11.3 Å². The molecule has 2 aliphatic heterocycles. The number of nitrogens with zero attached hydrogens (tertiary/aromatic N) is 3. The van der Waals surface area contributed by atoms with Gasteiger partial charge in [-0.3, -0.25) is 9.59 Å². The van der Waals surface area contributed by atoms with Crippen LogP contribution < -0.4 is 4.90 Å². The summed E-state index contributed by atoms with van der Waals surface area (Å²) in [6.07, 6.45) is 0.758. The van der Waals surface area contributed by atoms with E-state index in [2.05, 4.69) is 4.98 Å². The van der Waals surface area contributed by atoms with Crippen LogP contribution in [-0.2, 0) is 9.53 Å². The lowest BCUT2D eigenvalue weighted by Gasteiger charge is -2.37. The highest BCUT2D eigenvalue weighted by molar-refractivity contribution is 7.07. The van der Waals surface area contributed by atoms with Crippen LogP contribution in [0.2, 0.25) is 0 Å². The van der Waals surface area contributed by atoms with Crippen LogP contribution in [0, 0.1) is 5.92 Å². The molecule has 2 atom stereocenters. The minimum Gasteiger partial charge on any atom is -0.368 e. The molecule has 2 fully saturated rings. The maximum atomic E-state index is 12.6. The number of amides is 2. The van der Waals surface area contributed by atoms with Crippen molar-refractivity contribution in [2.75, 3.05) is 31.1 Å². The molecule has 6 nitrogen and oxygen atoms in total. The highest BCUT2D eigenvalue weighted by Gasteiger charge is 2.38. The first-order chi connectivity index (χ1) is 12.2. The van der Waals surface area contributed by atoms with Gasteiger partial charge in [0.1, 0.15) is 12.3 Å². The minimum atomic E-state index is -0.0402. The van der Waals surface area contributed by atoms with E-state index in [9.17, 15) is 9.59 Å². The Morgan fingerprint density at radius 3 is 2.84 bits per heavy atom. The van der Waals surface area contributed by atoms with Crippen LogP contribution in [0.15, 0.2) is 41.2 Å². The Bertz CT molecular complexity index is 750. The summed E-state index contributed by atoms with van der Waals surface area (Å²) >= 11 is 1.42. The fourth-order valence-electron chi connectivity index (χ4n) is 3.52. The van der Waals surface area contributed by atoms with Crippen molar-refractivity contribution < 1.29 is 14.3 Å². The number of rotatable bonds is 2. The topological polar surface area (TPSA) is 62.7 Å². The summed E-state index contributed by atoms with van der Waals surface area (Å²) in [5, 5.41) is 1.78. The Hall–Kier alpha value is -2.25. The third-order valence-electron chi connectivity index (χ3n) is 4.81. The number of hydrogen-bond acceptors (Lipinski definition) is 5. The van der Waals surface area contributed by atoms with E-state index in [1.807, 2.05) is 35.2 Å². The van der Waals surface area contributed by atoms with Gasteiger partial charge in [0, 0.05) is 36.6 Å². The first-order valence-electron chi connectivity index (χ1n) is 8.37. The average molecular weight is 357 g/mol. The van der Waals surface area contributed by atoms with Gasteiger partial charge in [0.05, 0.1) is 11.6 Å². The lowest BCUT2D eigenvalue weighted by atomic mass is 9.93. The smallest absolute Gasteiger partial charge is 0.273 e. The molecular formula is C18H19N3O3S. The zero-order valence-electron chi connectivity index (χ0n) is 13.7. The lowest BCUT2D eigenvalue weighted by Crippen LogP contribution is -2.49. The van der Waals surface area contributed by atoms with Crippen LogP contribution in [0.5, 0.6) is 0 Å². The number of ether oxygens (including phenoxy) is 1. The van der Waals surface area contributed by atoms with Crippen molar-refractivity contribution in [3.63, 3.8) is 0 Å². The maximum Gasteiger partial charge on any atom is 0.273 e. The monoisotopic (exact) mass is 357 g/mol. The van der Waals surface area contributed by atoms with Crippen molar-refractivity contribution in [3.8, 4) is 0 Å². The molecule has 0 saturated carbocycles. The molecule has 0 spiro atoms. The predicted octanol–water partition coefficient (Wildman–Crippen LogP) is 2.04. The Labute approximate surface area is 150 Å². The molecule has 0 N–H and O–H groups in total. The van der Waals surface area contributed by atoms with Gasteiger partial charge in [-0.1, -0.05) is 18.2 Å². The molecule has 2 saturated heterocycles. The first-order valence-corrected chi connectivity index (χ1v) is 9.31. The number of thiazole rings is 1. The summed E-state index contributed by atoms with van der Waals surface area (Å²) in [6, 6.07) is 9.63. The largest absolute Gasteiger partial charge is 0.368 e. The van der Waals surface area contributed by atoms with Crippen LogP contribution >= 0.6 is 11.3 Å². The van der Waals surface area contributed by atoms with E-state index in [1.54, 1.807) is 15.8 Å². The molecule has 25 heavy (non-hydrogen) atoms. The summed E-state index contributed by atoms with van der Waals surface area (Å²) in [5.41, 5.74) is 3.04. The van der Waals surface area contributed by atoms with E-state index >= 15 is 0 Å². The molecule has 130 valence electrons. The van der Waals surface area contributed by atoms with E-state index in [0.29, 0.717) is 25.3 Å². The fraction of sp³-hybridized carbons (Fsp3) is 0.389. The Morgan fingerprint density at radius 1 is 1.24 bits per heavy atom. The number of carbonyl (C=O) groups is 2. The van der Waals surface area contributed by atoms with Crippen LogP contribution in [0.4, 0.5) is 5.69 Å². The molecule has 0 bridgehead atoms. The molecule has 2 amide bonds. The van der Waals surface area contributed by atoms with Crippen molar-refractivity contribution in [2.24, 2.45) is 5.92 Å². The molecule has 2 aromatic rings. The van der Waals surface area contributed by atoms with Crippen LogP contribution in [0.25, 0.3) is 0 Å². The number of piperidine rings is 1. The highest BCUT2D eigenvalue weighted by Crippen LogP contribution is 2.27. The van der Waals surface area contributed by atoms with Gasteiger partial charge in [-0.25, -0.2) is 4.98 Å². The lowest BCUT2D eigenvalue weighted by molar-refractivity contribution is -0.124. The zero-order valence-corrected chi connectivity index (χ0v) is 14.5. The second-order valence-corrected chi connectivity index (χ2v) is 7.08. The number of anilines is 1. The van der Waals surface area contributed by atoms with Crippen LogP contribution in [0.3, 0.4) is 0 Å². The van der Waals surface area contributed by atoms with Gasteiger partial charge in [0.25, 0.3) is 11.8 Å². The van der Waals surface area contributed by atoms with Gasteiger partial charge >= 0.3 is 0 Å². The normalized spacial score (nSPS) is 23.9. The first kappa shape index (κ1) is 16.2. The zero-order chi connectivity index (χ0) is 17.2. The summed E-state index contributed by atoms with van der Waals surface area (Å²) in [7, 11) is 0. The van der Waals surface area contributed by atoms with Gasteiger partial charge in [-0.2, -0.15) is 0 Å². The SMILES string of the molecule is O=C(c1cscn1)N1CC[C@@H]2OCC(=O)N(c3ccccc3)C[C@H]2C1. The Morgan fingerprint density at radius 2 is 2.08 bits per heavy atom. The second-order valence-electron chi connectivity index (χ2n) is 6.36. The molecular weight excluding hydrogens is 338 g/mol. The molecule has 1 aromatic carbocycles. The van der Waals surface area contributed by atoms with Gasteiger partial charge in [0.15, 0.2) is 0 Å². The standard InChI is InChI=1S/C18H19N3O3S/c22-17-10-24-16-6-7-20(18(23)15-11-25-12-19-15)8-13(16)9-21(17)14-4-2-1-3-5-14/h1-5,11-13,16H,6-10H2/t13-,16+/m1/s1. The summed E-state index contributed by atoms with van der Waals surface area (Å²) in [4.78, 5) is 32.8. The van der Waals surface area contributed by atoms with Gasteiger partial charge in [-0.05, 0) is 18.6 Å². The maximum absolute atomic E-state index is 12.6. The van der Waals surface area contributed by atoms with E-state index < -0.39 is 0 Å². The Balaban J connectivity index is 1.53. The number of carbonyl (C=O) groups excluding carboxylic acids is 2. The minimum absolute atomic E-state index is 0.0112. The third-order valence-corrected chi connectivity index (χ3v) is 5.40. The number of aromatic nitrogens is 1. The Kier molecular flexibility index (Phi) is 4.50. The summed E-state index contributed by atoms with van der Waals surface area (Å²) < 4.78 is 5.85. The van der Waals surface area contributed by atoms with E-state index in [-0.39, 0.29) is 30.4 Å². The van der Waals surface area contributed by atoms with Crippen molar-refractivity contribution >= 4 is 28.8 Å². The predicted molar refractivity (Wildman–Crippen MR) is 94.7 cm³/mol. The summed E-state index contributed by atoms with van der Waals surface area (Å²) in [6.45, 7) is 1.87. The van der Waals surface area contributed by atoms with E-state index in [0.717, 1.165) is 12.1 Å². The van der Waals surface area contributed by atoms with Gasteiger partial charge in [0.2, 0.25) is 0 Å². The molecule has 2 aliphatic rings. The van der Waals surface area contributed by atoms with Crippen LogP contribution in [0.1, 0.15) is 16.9 Å². The highest BCUT2D eigenvalue weighted by atomic mass is 32.1. The molecule has 1 aromatic heterocycles. The molecule has 3 heterocycles. The molecule has 4 rings (SSSR count). The number of fused-ring (bicyclic) bond motifs is 1. The number of benzene rings is 1. The molecule has 0 aliphatic carbocycles. The number of hydrogen-bond donors (Lipinski definition) is 0. The summed E-state index contributed by atoms with van der Waals surface area (Å²) in [5.74, 6) is 0.0301. The van der Waals surface area contributed by atoms with Gasteiger partial charge < -0.3 is 14.5 Å². The van der Waals surface area contributed by atoms with Crippen molar-refractivity contribution in [3.05, 3.63) is 46.9 Å². The van der Waals surface area contributed by atoms with Gasteiger partial charge in [-0.15, -0.1) is 11.3 Å². The quantitative estimate of drug-likeness (QED) is 0.825.